The van der Waals surface area contributed by atoms with Gasteiger partial charge in [-0.1, -0.05) is 18.9 Å². The molecule has 1 heterocycles. The molecule has 3 rings (SSSR count). The molecule has 2 fully saturated rings. The van der Waals surface area contributed by atoms with Crippen LogP contribution in [0, 0.1) is 5.92 Å². The highest BCUT2D eigenvalue weighted by atomic mass is 19.4. The number of hydrogen-bond donors (Lipinski definition) is 0. The molecular formula is C18H23F3N2O. The van der Waals surface area contributed by atoms with E-state index >= 15 is 0 Å². The van der Waals surface area contributed by atoms with E-state index in [0.29, 0.717) is 13.1 Å². The molecule has 1 amide bonds. The molecule has 1 aliphatic carbocycles. The first kappa shape index (κ1) is 17.3. The Morgan fingerprint density at radius 1 is 1.08 bits per heavy atom. The van der Waals surface area contributed by atoms with Crippen molar-refractivity contribution < 1.29 is 18.0 Å². The summed E-state index contributed by atoms with van der Waals surface area (Å²) in [4.78, 5) is 16.5. The van der Waals surface area contributed by atoms with E-state index in [1.165, 1.54) is 37.8 Å². The lowest BCUT2D eigenvalue weighted by Gasteiger charge is -2.36. The van der Waals surface area contributed by atoms with Crippen LogP contribution in [0.3, 0.4) is 0 Å². The lowest BCUT2D eigenvalue weighted by atomic mass is 10.1. The van der Waals surface area contributed by atoms with E-state index < -0.39 is 11.7 Å². The van der Waals surface area contributed by atoms with Gasteiger partial charge in [0.25, 0.3) is 5.91 Å². The van der Waals surface area contributed by atoms with E-state index in [1.54, 1.807) is 4.90 Å². The van der Waals surface area contributed by atoms with Crippen molar-refractivity contribution >= 4 is 5.91 Å². The summed E-state index contributed by atoms with van der Waals surface area (Å²) in [5.74, 6) is 0.470. The van der Waals surface area contributed by atoms with Crippen LogP contribution in [0.4, 0.5) is 13.2 Å². The molecule has 3 nitrogen and oxygen atoms in total. The summed E-state index contributed by atoms with van der Waals surface area (Å²) in [6.45, 7) is 3.87. The van der Waals surface area contributed by atoms with Gasteiger partial charge >= 0.3 is 6.18 Å². The first-order chi connectivity index (χ1) is 11.4. The van der Waals surface area contributed by atoms with Crippen molar-refractivity contribution in [3.05, 3.63) is 35.4 Å². The number of carbonyl (C=O) groups is 1. The van der Waals surface area contributed by atoms with Gasteiger partial charge < -0.3 is 4.90 Å². The number of benzene rings is 1. The normalized spacial score (nSPS) is 20.5. The minimum absolute atomic E-state index is 0.120. The van der Waals surface area contributed by atoms with E-state index in [2.05, 4.69) is 4.90 Å². The number of amides is 1. The fraction of sp³-hybridized carbons (Fsp3) is 0.611. The average molecular weight is 340 g/mol. The molecule has 2 aliphatic rings. The largest absolute Gasteiger partial charge is 0.416 e. The minimum atomic E-state index is -4.42. The summed E-state index contributed by atoms with van der Waals surface area (Å²) in [6.07, 6.45) is 0.806. The zero-order valence-corrected chi connectivity index (χ0v) is 13.7. The molecule has 0 bridgehead atoms. The molecule has 1 aromatic rings. The Hall–Kier alpha value is -1.56. The van der Waals surface area contributed by atoms with Crippen molar-refractivity contribution in [3.8, 4) is 0 Å². The fourth-order valence-corrected chi connectivity index (χ4v) is 3.70. The van der Waals surface area contributed by atoms with Gasteiger partial charge in [0.15, 0.2) is 0 Å². The number of hydrogen-bond acceptors (Lipinski definition) is 2. The van der Waals surface area contributed by atoms with Gasteiger partial charge in [-0.15, -0.1) is 0 Å². The zero-order chi connectivity index (χ0) is 17.2. The maximum Gasteiger partial charge on any atom is 0.416 e. The Morgan fingerprint density at radius 2 is 1.75 bits per heavy atom. The van der Waals surface area contributed by atoms with E-state index in [-0.39, 0.29) is 11.5 Å². The predicted molar refractivity (Wildman–Crippen MR) is 85.7 cm³/mol. The summed E-state index contributed by atoms with van der Waals surface area (Å²) in [5, 5.41) is 0. The maximum atomic E-state index is 12.8. The molecule has 1 aromatic carbocycles. The number of nitrogens with zero attached hydrogens (tertiary/aromatic N) is 2. The van der Waals surface area contributed by atoms with Crippen molar-refractivity contribution in [2.75, 3.05) is 32.7 Å². The van der Waals surface area contributed by atoms with Crippen LogP contribution >= 0.6 is 0 Å². The summed E-state index contributed by atoms with van der Waals surface area (Å²) in [5.41, 5.74) is -0.651. The highest BCUT2D eigenvalue weighted by molar-refractivity contribution is 5.94. The number of carbonyl (C=O) groups excluding carboxylic acids is 1. The standard InChI is InChI=1S/C18H23F3N2O/c19-18(20,21)16-7-3-6-15(12-16)17(24)23-10-8-22(9-11-23)13-14-4-1-2-5-14/h3,6-7,12,14H,1-2,4-5,8-11,13H2. The maximum absolute atomic E-state index is 12.8. The van der Waals surface area contributed by atoms with Crippen molar-refractivity contribution in [1.82, 2.24) is 9.80 Å². The monoisotopic (exact) mass is 340 g/mol. The molecule has 0 aromatic heterocycles. The molecule has 0 spiro atoms. The Morgan fingerprint density at radius 3 is 2.38 bits per heavy atom. The predicted octanol–water partition coefficient (Wildman–Crippen LogP) is 3.65. The SMILES string of the molecule is O=C(c1cccc(C(F)(F)F)c1)N1CCN(CC2CCCC2)CC1. The lowest BCUT2D eigenvalue weighted by Crippen LogP contribution is -2.49. The molecule has 132 valence electrons. The Kier molecular flexibility index (Phi) is 5.13. The third-order valence-electron chi connectivity index (χ3n) is 5.09. The minimum Gasteiger partial charge on any atom is -0.336 e. The van der Waals surface area contributed by atoms with Gasteiger partial charge in [0.2, 0.25) is 0 Å². The van der Waals surface area contributed by atoms with Crippen molar-refractivity contribution in [3.63, 3.8) is 0 Å². The fourth-order valence-electron chi connectivity index (χ4n) is 3.70. The number of alkyl halides is 3. The van der Waals surface area contributed by atoms with Crippen molar-refractivity contribution in [2.24, 2.45) is 5.92 Å². The van der Waals surface area contributed by atoms with Crippen LogP contribution in [0.5, 0.6) is 0 Å². The Balaban J connectivity index is 1.57. The number of rotatable bonds is 3. The summed E-state index contributed by atoms with van der Waals surface area (Å²) < 4.78 is 38.4. The molecule has 0 unspecified atom stereocenters. The smallest absolute Gasteiger partial charge is 0.336 e. The highest BCUT2D eigenvalue weighted by Crippen LogP contribution is 2.30. The molecular weight excluding hydrogens is 317 g/mol. The van der Waals surface area contributed by atoms with Crippen LogP contribution in [0.2, 0.25) is 0 Å². The number of piperazine rings is 1. The zero-order valence-electron chi connectivity index (χ0n) is 13.7. The molecule has 1 saturated carbocycles. The van der Waals surface area contributed by atoms with E-state index in [9.17, 15) is 18.0 Å². The second-order valence-electron chi connectivity index (χ2n) is 6.82. The van der Waals surface area contributed by atoms with Crippen LogP contribution in [0.25, 0.3) is 0 Å². The molecule has 0 N–H and O–H groups in total. The lowest BCUT2D eigenvalue weighted by molar-refractivity contribution is -0.137. The van der Waals surface area contributed by atoms with Gasteiger partial charge in [-0.25, -0.2) is 0 Å². The molecule has 0 radical (unpaired) electrons. The van der Waals surface area contributed by atoms with Crippen molar-refractivity contribution in [2.45, 2.75) is 31.9 Å². The van der Waals surface area contributed by atoms with Gasteiger partial charge in [-0.3, -0.25) is 9.69 Å². The third kappa shape index (κ3) is 4.09. The van der Waals surface area contributed by atoms with E-state index in [1.807, 2.05) is 0 Å². The summed E-state index contributed by atoms with van der Waals surface area (Å²) in [7, 11) is 0. The third-order valence-corrected chi connectivity index (χ3v) is 5.09. The second-order valence-corrected chi connectivity index (χ2v) is 6.82. The molecule has 24 heavy (non-hydrogen) atoms. The summed E-state index contributed by atoms with van der Waals surface area (Å²) >= 11 is 0. The quantitative estimate of drug-likeness (QED) is 0.838. The van der Waals surface area contributed by atoms with E-state index in [4.69, 9.17) is 0 Å². The Bertz CT molecular complexity index is 574. The number of halogens is 3. The molecule has 6 heteroatoms. The van der Waals surface area contributed by atoms with Gasteiger partial charge in [0, 0.05) is 38.3 Å². The first-order valence-corrected chi connectivity index (χ1v) is 8.62. The van der Waals surface area contributed by atoms with Gasteiger partial charge in [-0.05, 0) is 37.0 Å². The molecule has 1 saturated heterocycles. The van der Waals surface area contributed by atoms with Gasteiger partial charge in [0.05, 0.1) is 5.56 Å². The topological polar surface area (TPSA) is 23.6 Å². The van der Waals surface area contributed by atoms with Crippen LogP contribution < -0.4 is 0 Å². The van der Waals surface area contributed by atoms with E-state index in [0.717, 1.165) is 37.7 Å². The van der Waals surface area contributed by atoms with Crippen LogP contribution in [-0.4, -0.2) is 48.4 Å². The molecule has 1 aliphatic heterocycles. The van der Waals surface area contributed by atoms with Crippen LogP contribution in [0.15, 0.2) is 24.3 Å². The molecule has 0 atom stereocenters. The van der Waals surface area contributed by atoms with Gasteiger partial charge in [-0.2, -0.15) is 13.2 Å². The second kappa shape index (κ2) is 7.13. The van der Waals surface area contributed by atoms with Crippen LogP contribution in [-0.2, 0) is 6.18 Å². The van der Waals surface area contributed by atoms with Gasteiger partial charge in [0.1, 0.15) is 0 Å². The summed E-state index contributed by atoms with van der Waals surface area (Å²) in [6, 6.07) is 4.71. The Labute approximate surface area is 140 Å². The first-order valence-electron chi connectivity index (χ1n) is 8.62. The van der Waals surface area contributed by atoms with Crippen LogP contribution in [0.1, 0.15) is 41.6 Å². The highest BCUT2D eigenvalue weighted by Gasteiger charge is 2.32. The van der Waals surface area contributed by atoms with Crippen molar-refractivity contribution in [1.29, 1.82) is 0 Å². The average Bonchev–Trinajstić information content (AvgIpc) is 3.07.